The third-order valence-corrected chi connectivity index (χ3v) is 11.5. The molecule has 3 unspecified atom stereocenters. The molecule has 0 bridgehead atoms. The summed E-state index contributed by atoms with van der Waals surface area (Å²) in [7, 11) is 0. The molecule has 1 nitrogen and oxygen atoms in total. The predicted molar refractivity (Wildman–Crippen MR) is 216 cm³/mol. The fourth-order valence-electron chi connectivity index (χ4n) is 8.12. The zero-order valence-electron chi connectivity index (χ0n) is 33.8. The Balaban J connectivity index is 4.58. The molecule has 47 heavy (non-hydrogen) atoms. The Kier molecular flexibility index (Phi) is 40.4. The van der Waals surface area contributed by atoms with Crippen LogP contribution in [-0.2, 0) is 0 Å². The Morgan fingerprint density at radius 3 is 0.617 bits per heavy atom. The number of aliphatic hydroxyl groups excluding tert-OH is 1. The molecule has 284 valence electrons. The van der Waals surface area contributed by atoms with Crippen molar-refractivity contribution in [2.75, 3.05) is 0 Å². The highest BCUT2D eigenvalue weighted by atomic mass is 16.3. The first-order valence-electron chi connectivity index (χ1n) is 22.9. The van der Waals surface area contributed by atoms with Gasteiger partial charge in [-0.1, -0.05) is 265 Å². The van der Waals surface area contributed by atoms with Crippen molar-refractivity contribution in [2.45, 2.75) is 284 Å². The van der Waals surface area contributed by atoms with Gasteiger partial charge in [-0.15, -0.1) is 0 Å². The van der Waals surface area contributed by atoms with Crippen LogP contribution >= 0.6 is 0 Å². The highest BCUT2D eigenvalue weighted by molar-refractivity contribution is 4.72. The Hall–Kier alpha value is -0.0400. The molecule has 0 aliphatic heterocycles. The molecule has 3 atom stereocenters. The Morgan fingerprint density at radius 1 is 0.234 bits per heavy atom. The lowest BCUT2D eigenvalue weighted by Gasteiger charge is -2.28. The normalized spacial score (nSPS) is 13.7. The van der Waals surface area contributed by atoms with E-state index in [4.69, 9.17) is 0 Å². The fraction of sp³-hybridized carbons (Fsp3) is 1.00. The molecule has 1 heteroatoms. The molecule has 0 spiro atoms. The van der Waals surface area contributed by atoms with Gasteiger partial charge in [0.15, 0.2) is 0 Å². The Labute approximate surface area is 300 Å². The van der Waals surface area contributed by atoms with Crippen molar-refractivity contribution in [1.82, 2.24) is 0 Å². The smallest absolute Gasteiger partial charge is 0.0540 e. The number of hydrogen-bond donors (Lipinski definition) is 1. The summed E-state index contributed by atoms with van der Waals surface area (Å²) in [5.74, 6) is 1.97. The highest BCUT2D eigenvalue weighted by Crippen LogP contribution is 2.34. The summed E-state index contributed by atoms with van der Waals surface area (Å²) in [5, 5.41) is 10.5. The van der Waals surface area contributed by atoms with Crippen LogP contribution in [0.25, 0.3) is 0 Å². The molecule has 0 fully saturated rings. The van der Waals surface area contributed by atoms with E-state index in [-0.39, 0.29) is 6.10 Å². The molecule has 0 saturated carbocycles. The summed E-state index contributed by atoms with van der Waals surface area (Å²) in [4.78, 5) is 0. The maximum Gasteiger partial charge on any atom is 0.0540 e. The molecule has 0 saturated heterocycles. The van der Waals surface area contributed by atoms with E-state index in [0.717, 1.165) is 24.7 Å². The van der Waals surface area contributed by atoms with E-state index in [1.54, 1.807) is 0 Å². The summed E-state index contributed by atoms with van der Waals surface area (Å²) in [6, 6.07) is 0. The lowest BCUT2D eigenvalue weighted by atomic mass is 9.78. The molecule has 0 rings (SSSR count). The van der Waals surface area contributed by atoms with Crippen molar-refractivity contribution >= 4 is 0 Å². The number of unbranched alkanes of at least 4 members (excludes halogenated alkanes) is 28. The van der Waals surface area contributed by atoms with Gasteiger partial charge < -0.3 is 5.11 Å². The highest BCUT2D eigenvalue weighted by Gasteiger charge is 2.20. The average molecular weight is 663 g/mol. The van der Waals surface area contributed by atoms with Gasteiger partial charge >= 0.3 is 0 Å². The topological polar surface area (TPSA) is 20.2 Å². The maximum atomic E-state index is 10.5. The van der Waals surface area contributed by atoms with Crippen LogP contribution in [-0.4, -0.2) is 11.2 Å². The van der Waals surface area contributed by atoms with Crippen LogP contribution in [0.3, 0.4) is 0 Å². The molecule has 0 radical (unpaired) electrons. The van der Waals surface area contributed by atoms with Gasteiger partial charge in [-0.2, -0.15) is 0 Å². The van der Waals surface area contributed by atoms with Crippen LogP contribution in [0, 0.1) is 11.8 Å². The number of aliphatic hydroxyl groups is 1. The van der Waals surface area contributed by atoms with Crippen molar-refractivity contribution < 1.29 is 5.11 Å². The molecular formula is C46H94O. The second-order valence-corrected chi connectivity index (χ2v) is 16.2. The monoisotopic (exact) mass is 663 g/mol. The van der Waals surface area contributed by atoms with Crippen LogP contribution in [0.1, 0.15) is 278 Å². The lowest BCUT2D eigenvalue weighted by Crippen LogP contribution is -2.16. The third kappa shape index (κ3) is 35.6. The first-order valence-corrected chi connectivity index (χ1v) is 22.9. The second-order valence-electron chi connectivity index (χ2n) is 16.2. The number of hydrogen-bond acceptors (Lipinski definition) is 1. The van der Waals surface area contributed by atoms with E-state index in [2.05, 4.69) is 27.7 Å². The van der Waals surface area contributed by atoms with Crippen LogP contribution in [0.15, 0.2) is 0 Å². The van der Waals surface area contributed by atoms with Crippen LogP contribution in [0.5, 0.6) is 0 Å². The minimum absolute atomic E-state index is 0.0455. The number of rotatable bonds is 41. The molecular weight excluding hydrogens is 569 g/mol. The summed E-state index contributed by atoms with van der Waals surface area (Å²) >= 11 is 0. The van der Waals surface area contributed by atoms with E-state index >= 15 is 0 Å². The van der Waals surface area contributed by atoms with E-state index < -0.39 is 0 Å². The van der Waals surface area contributed by atoms with E-state index in [0.29, 0.717) is 0 Å². The second kappa shape index (κ2) is 40.4. The zero-order valence-corrected chi connectivity index (χ0v) is 33.8. The molecule has 0 aromatic rings. The largest absolute Gasteiger partial charge is 0.393 e. The standard InChI is InChI=1S/C46H94O/c1-5-9-13-17-21-24-30-36-42-46(47)43-37-31-25-29-35-41-45(40-34-28-23-19-15-11-7-3)44(38-32-26-20-16-12-8-4)39-33-27-22-18-14-10-6-2/h44-47H,5-43H2,1-4H3. The van der Waals surface area contributed by atoms with Gasteiger partial charge in [-0.05, 0) is 24.7 Å². The Morgan fingerprint density at radius 2 is 0.404 bits per heavy atom. The zero-order chi connectivity index (χ0) is 34.3. The third-order valence-electron chi connectivity index (χ3n) is 11.5. The first-order chi connectivity index (χ1) is 23.2. The van der Waals surface area contributed by atoms with Gasteiger partial charge in [0.2, 0.25) is 0 Å². The fourth-order valence-corrected chi connectivity index (χ4v) is 8.12. The average Bonchev–Trinajstić information content (AvgIpc) is 3.07. The lowest BCUT2D eigenvalue weighted by molar-refractivity contribution is 0.147. The summed E-state index contributed by atoms with van der Waals surface area (Å²) in [5.41, 5.74) is 0. The van der Waals surface area contributed by atoms with Crippen LogP contribution < -0.4 is 0 Å². The Bertz CT molecular complexity index is 543. The molecule has 0 aliphatic carbocycles. The van der Waals surface area contributed by atoms with Crippen LogP contribution in [0.2, 0.25) is 0 Å². The van der Waals surface area contributed by atoms with Gasteiger partial charge in [-0.3, -0.25) is 0 Å². The first kappa shape index (κ1) is 47.0. The minimum Gasteiger partial charge on any atom is -0.393 e. The van der Waals surface area contributed by atoms with E-state index in [1.807, 2.05) is 0 Å². The van der Waals surface area contributed by atoms with E-state index in [9.17, 15) is 5.11 Å². The maximum absolute atomic E-state index is 10.5. The molecule has 0 heterocycles. The van der Waals surface area contributed by atoms with Crippen molar-refractivity contribution in [2.24, 2.45) is 11.8 Å². The molecule has 0 amide bonds. The van der Waals surface area contributed by atoms with Crippen molar-refractivity contribution in [3.05, 3.63) is 0 Å². The van der Waals surface area contributed by atoms with E-state index in [1.165, 1.54) is 238 Å². The van der Waals surface area contributed by atoms with Gasteiger partial charge in [0.1, 0.15) is 0 Å². The van der Waals surface area contributed by atoms with Gasteiger partial charge in [0.25, 0.3) is 0 Å². The predicted octanol–water partition coefficient (Wildman–Crippen LogP) is 16.9. The minimum atomic E-state index is -0.0455. The van der Waals surface area contributed by atoms with Gasteiger partial charge in [0.05, 0.1) is 6.10 Å². The summed E-state index contributed by atoms with van der Waals surface area (Å²) in [6.07, 6.45) is 54.7. The van der Waals surface area contributed by atoms with Crippen molar-refractivity contribution in [3.8, 4) is 0 Å². The molecule has 0 aromatic carbocycles. The molecule has 1 N–H and O–H groups in total. The van der Waals surface area contributed by atoms with Gasteiger partial charge in [-0.25, -0.2) is 0 Å². The quantitative estimate of drug-likeness (QED) is 0.0646. The van der Waals surface area contributed by atoms with Crippen molar-refractivity contribution in [1.29, 1.82) is 0 Å². The molecule has 0 aliphatic rings. The summed E-state index contributed by atoms with van der Waals surface area (Å²) < 4.78 is 0. The van der Waals surface area contributed by atoms with Gasteiger partial charge in [0, 0.05) is 0 Å². The van der Waals surface area contributed by atoms with Crippen molar-refractivity contribution in [3.63, 3.8) is 0 Å². The summed E-state index contributed by atoms with van der Waals surface area (Å²) in [6.45, 7) is 9.31. The molecule has 0 aromatic heterocycles. The SMILES string of the molecule is CCCCCCCCCCC(O)CCCCCCCC(CCCCCCCCC)C(CCCCCCCC)CCCCCCCCC. The van der Waals surface area contributed by atoms with Crippen LogP contribution in [0.4, 0.5) is 0 Å².